The molecule has 122 valence electrons. The molecule has 0 heterocycles. The van der Waals surface area contributed by atoms with Crippen molar-refractivity contribution < 1.29 is 17.6 Å². The molecule has 2 N–H and O–H groups in total. The smallest absolute Gasteiger partial charge is 0.240 e. The number of benzene rings is 1. The lowest BCUT2D eigenvalue weighted by Gasteiger charge is -2.06. The van der Waals surface area contributed by atoms with Crippen molar-refractivity contribution in [2.45, 2.75) is 17.7 Å². The molecule has 0 radical (unpaired) electrons. The second-order valence-corrected chi connectivity index (χ2v) is 6.47. The van der Waals surface area contributed by atoms with Gasteiger partial charge < -0.3 is 4.90 Å². The van der Waals surface area contributed by atoms with Gasteiger partial charge in [0.15, 0.2) is 0 Å². The Morgan fingerprint density at radius 1 is 1.32 bits per heavy atom. The maximum atomic E-state index is 12.7. The molecule has 0 fully saturated rings. The largest absolute Gasteiger partial charge is 0.367 e. The van der Waals surface area contributed by atoms with Crippen LogP contribution in [0.2, 0.25) is 0 Å². The lowest BCUT2D eigenvalue weighted by atomic mass is 10.3. The van der Waals surface area contributed by atoms with Crippen LogP contribution in [-0.4, -0.2) is 46.2 Å². The molecule has 1 amide bonds. The summed E-state index contributed by atoms with van der Waals surface area (Å²) in [6.07, 6.45) is 1.90. The number of hydrogen-bond donors (Lipinski definition) is 2. The van der Waals surface area contributed by atoms with E-state index in [2.05, 4.69) is 15.2 Å². The van der Waals surface area contributed by atoms with E-state index in [4.69, 9.17) is 0 Å². The summed E-state index contributed by atoms with van der Waals surface area (Å²) in [4.78, 5) is 13.0. The molecule has 22 heavy (non-hydrogen) atoms. The second kappa shape index (κ2) is 8.44. The molecule has 0 spiro atoms. The first kappa shape index (κ1) is 18.1. The van der Waals surface area contributed by atoms with Gasteiger partial charge in [-0.15, -0.1) is 0 Å². The fourth-order valence-corrected chi connectivity index (χ4v) is 2.50. The van der Waals surface area contributed by atoms with Crippen molar-refractivity contribution in [3.8, 4) is 0 Å². The first-order chi connectivity index (χ1) is 10.3. The van der Waals surface area contributed by atoms with E-state index in [0.717, 1.165) is 12.1 Å². The molecule has 9 heteroatoms. The van der Waals surface area contributed by atoms with E-state index in [1.807, 2.05) is 0 Å². The fourth-order valence-electron chi connectivity index (χ4n) is 1.42. The molecule has 1 aromatic rings. The van der Waals surface area contributed by atoms with Gasteiger partial charge in [-0.3, -0.25) is 4.79 Å². The third-order valence-corrected chi connectivity index (χ3v) is 3.95. The van der Waals surface area contributed by atoms with Gasteiger partial charge in [0.25, 0.3) is 0 Å². The van der Waals surface area contributed by atoms with Gasteiger partial charge in [-0.25, -0.2) is 23.0 Å². The molecular weight excluding hydrogens is 311 g/mol. The highest BCUT2D eigenvalue weighted by molar-refractivity contribution is 7.89. The predicted molar refractivity (Wildman–Crippen MR) is 81.1 cm³/mol. The Hall–Kier alpha value is -2.00. The van der Waals surface area contributed by atoms with E-state index >= 15 is 0 Å². The maximum Gasteiger partial charge on any atom is 0.240 e. The number of amides is 1. The van der Waals surface area contributed by atoms with Crippen molar-refractivity contribution in [2.75, 3.05) is 20.6 Å². The van der Waals surface area contributed by atoms with Crippen LogP contribution in [-0.2, 0) is 14.8 Å². The fraction of sp³-hybridized carbons (Fsp3) is 0.385. The van der Waals surface area contributed by atoms with Gasteiger partial charge in [0.1, 0.15) is 12.2 Å². The number of nitrogens with zero attached hydrogens (tertiary/aromatic N) is 2. The van der Waals surface area contributed by atoms with Crippen LogP contribution >= 0.6 is 0 Å². The lowest BCUT2D eigenvalue weighted by Crippen LogP contribution is -2.26. The standard InChI is InChI=1S/C13H19FN4O3S/c1-18(2)10-15-17-13(19)4-3-9-16-22(20,21)12-7-5-11(14)6-8-12/h5-8,10,16H,3-4,9H2,1-2H3,(H,17,19). The van der Waals surface area contributed by atoms with Crippen molar-refractivity contribution in [3.63, 3.8) is 0 Å². The third kappa shape index (κ3) is 6.64. The summed E-state index contributed by atoms with van der Waals surface area (Å²) in [5.74, 6) is -0.812. The summed E-state index contributed by atoms with van der Waals surface area (Å²) >= 11 is 0. The van der Waals surface area contributed by atoms with Crippen molar-refractivity contribution in [1.82, 2.24) is 15.0 Å². The van der Waals surface area contributed by atoms with Gasteiger partial charge >= 0.3 is 0 Å². The number of nitrogens with one attached hydrogen (secondary N) is 2. The summed E-state index contributed by atoms with van der Waals surface area (Å²) < 4.78 is 38.8. The summed E-state index contributed by atoms with van der Waals surface area (Å²) in [5.41, 5.74) is 2.32. The van der Waals surface area contributed by atoms with Gasteiger partial charge in [0.05, 0.1) is 4.90 Å². The Morgan fingerprint density at radius 3 is 2.55 bits per heavy atom. The Labute approximate surface area is 129 Å². The number of rotatable bonds is 8. The Kier molecular flexibility index (Phi) is 6.93. The molecule has 0 unspecified atom stereocenters. The van der Waals surface area contributed by atoms with Gasteiger partial charge in [-0.1, -0.05) is 0 Å². The van der Waals surface area contributed by atoms with E-state index in [0.29, 0.717) is 6.42 Å². The van der Waals surface area contributed by atoms with Crippen LogP contribution in [0.15, 0.2) is 34.3 Å². The second-order valence-electron chi connectivity index (χ2n) is 4.70. The number of halogens is 1. The molecule has 0 aromatic heterocycles. The third-order valence-electron chi connectivity index (χ3n) is 2.47. The van der Waals surface area contributed by atoms with Gasteiger partial charge in [-0.05, 0) is 30.7 Å². The molecular formula is C13H19FN4O3S. The summed E-state index contributed by atoms with van der Waals surface area (Å²) in [7, 11) is -0.160. The van der Waals surface area contributed by atoms with Gasteiger partial charge in [0, 0.05) is 27.1 Å². The Morgan fingerprint density at radius 2 is 1.95 bits per heavy atom. The van der Waals surface area contributed by atoms with E-state index in [1.54, 1.807) is 19.0 Å². The van der Waals surface area contributed by atoms with Crippen molar-refractivity contribution >= 4 is 22.3 Å². The van der Waals surface area contributed by atoms with E-state index in [1.165, 1.54) is 18.5 Å². The van der Waals surface area contributed by atoms with Crippen molar-refractivity contribution in [1.29, 1.82) is 0 Å². The highest BCUT2D eigenvalue weighted by Gasteiger charge is 2.13. The lowest BCUT2D eigenvalue weighted by molar-refractivity contribution is -0.121. The van der Waals surface area contributed by atoms with Crippen molar-refractivity contribution in [2.24, 2.45) is 5.10 Å². The van der Waals surface area contributed by atoms with Crippen LogP contribution in [0.25, 0.3) is 0 Å². The monoisotopic (exact) mass is 330 g/mol. The van der Waals surface area contributed by atoms with Crippen LogP contribution in [0.5, 0.6) is 0 Å². The summed E-state index contributed by atoms with van der Waals surface area (Å²) in [5, 5.41) is 3.68. The minimum absolute atomic E-state index is 0.0195. The number of sulfonamides is 1. The molecule has 1 rings (SSSR count). The normalized spacial score (nSPS) is 11.6. The first-order valence-corrected chi connectivity index (χ1v) is 8.03. The Bertz CT molecular complexity index is 615. The first-order valence-electron chi connectivity index (χ1n) is 6.55. The number of hydrogen-bond acceptors (Lipinski definition) is 4. The minimum atomic E-state index is -3.69. The zero-order chi connectivity index (χ0) is 16.6. The molecule has 7 nitrogen and oxygen atoms in total. The highest BCUT2D eigenvalue weighted by atomic mass is 32.2. The molecule has 1 aromatic carbocycles. The van der Waals surface area contributed by atoms with Crippen LogP contribution in [0.3, 0.4) is 0 Å². The maximum absolute atomic E-state index is 12.7. The zero-order valence-corrected chi connectivity index (χ0v) is 13.2. The van der Waals surface area contributed by atoms with Crippen molar-refractivity contribution in [3.05, 3.63) is 30.1 Å². The average molecular weight is 330 g/mol. The van der Waals surface area contributed by atoms with Gasteiger partial charge in [0.2, 0.25) is 15.9 Å². The van der Waals surface area contributed by atoms with E-state index < -0.39 is 15.8 Å². The van der Waals surface area contributed by atoms with Gasteiger partial charge in [-0.2, -0.15) is 5.10 Å². The molecule has 0 saturated heterocycles. The predicted octanol–water partition coefficient (Wildman–Crippen LogP) is 0.505. The number of carbonyl (C=O) groups excluding carboxylic acids is 1. The Balaban J connectivity index is 2.34. The van der Waals surface area contributed by atoms with E-state index in [-0.39, 0.29) is 23.8 Å². The average Bonchev–Trinajstić information content (AvgIpc) is 2.44. The topological polar surface area (TPSA) is 90.9 Å². The van der Waals surface area contributed by atoms with Crippen LogP contribution in [0.1, 0.15) is 12.8 Å². The van der Waals surface area contributed by atoms with Crippen LogP contribution in [0.4, 0.5) is 4.39 Å². The number of carbonyl (C=O) groups is 1. The quantitative estimate of drug-likeness (QED) is 0.314. The minimum Gasteiger partial charge on any atom is -0.367 e. The summed E-state index contributed by atoms with van der Waals surface area (Å²) in [6.45, 7) is 0.102. The molecule has 0 aliphatic rings. The number of hydrazone groups is 1. The molecule has 0 aliphatic heterocycles. The molecule has 0 atom stereocenters. The molecule has 0 bridgehead atoms. The molecule has 0 aliphatic carbocycles. The molecule has 0 saturated carbocycles. The van der Waals surface area contributed by atoms with Crippen LogP contribution < -0.4 is 10.1 Å². The zero-order valence-electron chi connectivity index (χ0n) is 12.4. The highest BCUT2D eigenvalue weighted by Crippen LogP contribution is 2.09. The summed E-state index contributed by atoms with van der Waals surface area (Å²) in [6, 6.07) is 4.51. The van der Waals surface area contributed by atoms with E-state index in [9.17, 15) is 17.6 Å². The SMILES string of the molecule is CN(C)C=NNC(=O)CCCNS(=O)(=O)c1ccc(F)cc1. The van der Waals surface area contributed by atoms with Crippen LogP contribution in [0, 0.1) is 5.82 Å².